The average Bonchev–Trinajstić information content (AvgIpc) is 2.53. The fourth-order valence-corrected chi connectivity index (χ4v) is 2.21. The Kier molecular flexibility index (Phi) is 8.76. The maximum absolute atomic E-state index is 12.2. The summed E-state index contributed by atoms with van der Waals surface area (Å²) in [6.07, 6.45) is 6.98. The van der Waals surface area contributed by atoms with Crippen LogP contribution in [0.2, 0.25) is 0 Å². The number of methoxy groups -OCH3 is 1. The Balaban J connectivity index is 2.24. The van der Waals surface area contributed by atoms with E-state index in [0.717, 1.165) is 12.2 Å². The van der Waals surface area contributed by atoms with E-state index in [2.05, 4.69) is 6.92 Å². The van der Waals surface area contributed by atoms with Gasteiger partial charge in [-0.05, 0) is 37.6 Å². The molecule has 3 heteroatoms. The first-order valence-electron chi connectivity index (χ1n) is 7.99. The number of unbranched alkanes of at least 4 members (excludes halogenated alkanes) is 5. The van der Waals surface area contributed by atoms with E-state index >= 15 is 0 Å². The molecule has 0 heterocycles. The molecule has 21 heavy (non-hydrogen) atoms. The Bertz CT molecular complexity index is 397. The maximum Gasteiger partial charge on any atom is 0.191 e. The Hall–Kier alpha value is -1.35. The number of hydrogen-bond acceptors (Lipinski definition) is 3. The van der Waals surface area contributed by atoms with E-state index < -0.39 is 0 Å². The second-order valence-electron chi connectivity index (χ2n) is 5.37. The minimum Gasteiger partial charge on any atom is -0.497 e. The van der Waals surface area contributed by atoms with Crippen molar-refractivity contribution < 1.29 is 14.3 Å². The first kappa shape index (κ1) is 17.7. The van der Waals surface area contributed by atoms with E-state index in [1.165, 1.54) is 32.1 Å². The van der Waals surface area contributed by atoms with Gasteiger partial charge in [0, 0.05) is 12.2 Å². The molecule has 1 atom stereocenters. The van der Waals surface area contributed by atoms with Crippen molar-refractivity contribution >= 4 is 5.78 Å². The van der Waals surface area contributed by atoms with Crippen LogP contribution in [0.3, 0.4) is 0 Å². The highest BCUT2D eigenvalue weighted by atomic mass is 16.5. The van der Waals surface area contributed by atoms with Crippen LogP contribution in [0.5, 0.6) is 5.75 Å². The molecular weight excluding hydrogens is 264 g/mol. The summed E-state index contributed by atoms with van der Waals surface area (Å²) in [5.41, 5.74) is 0.672. The van der Waals surface area contributed by atoms with Crippen molar-refractivity contribution in [1.29, 1.82) is 0 Å². The molecule has 1 aromatic carbocycles. The van der Waals surface area contributed by atoms with Gasteiger partial charge in [-0.2, -0.15) is 0 Å². The molecule has 0 bridgehead atoms. The smallest absolute Gasteiger partial charge is 0.191 e. The van der Waals surface area contributed by atoms with Gasteiger partial charge in [0.15, 0.2) is 5.78 Å². The van der Waals surface area contributed by atoms with E-state index in [1.54, 1.807) is 31.4 Å². The molecule has 0 amide bonds. The second-order valence-corrected chi connectivity index (χ2v) is 5.37. The number of carbonyl (C=O) groups excluding carboxylic acids is 1. The van der Waals surface area contributed by atoms with Crippen molar-refractivity contribution in [3.8, 4) is 5.75 Å². The van der Waals surface area contributed by atoms with Crippen molar-refractivity contribution in [2.45, 2.75) is 58.5 Å². The molecule has 1 rings (SSSR count). The summed E-state index contributed by atoms with van der Waals surface area (Å²) in [4.78, 5) is 12.2. The maximum atomic E-state index is 12.2. The van der Waals surface area contributed by atoms with Gasteiger partial charge in [-0.15, -0.1) is 0 Å². The standard InChI is InChI=1S/C18H28O3/c1-4-5-6-7-8-9-14-21-15(2)18(19)16-10-12-17(20-3)13-11-16/h10-13,15H,4-9,14H2,1-3H3. The quantitative estimate of drug-likeness (QED) is 0.440. The lowest BCUT2D eigenvalue weighted by molar-refractivity contribution is 0.0464. The average molecular weight is 292 g/mol. The fraction of sp³-hybridized carbons (Fsp3) is 0.611. The van der Waals surface area contributed by atoms with E-state index in [0.29, 0.717) is 12.2 Å². The molecule has 0 N–H and O–H groups in total. The number of Topliss-reactive ketones (excluding diaryl/α,β-unsaturated/α-hetero) is 1. The van der Waals surface area contributed by atoms with E-state index in [4.69, 9.17) is 9.47 Å². The van der Waals surface area contributed by atoms with Crippen molar-refractivity contribution in [2.24, 2.45) is 0 Å². The van der Waals surface area contributed by atoms with Crippen LogP contribution >= 0.6 is 0 Å². The lowest BCUT2D eigenvalue weighted by Crippen LogP contribution is -2.21. The van der Waals surface area contributed by atoms with Crippen LogP contribution in [0.15, 0.2) is 24.3 Å². The first-order valence-corrected chi connectivity index (χ1v) is 7.99. The molecule has 1 aromatic rings. The largest absolute Gasteiger partial charge is 0.497 e. The number of hydrogen-bond donors (Lipinski definition) is 0. The molecule has 0 radical (unpaired) electrons. The van der Waals surface area contributed by atoms with Gasteiger partial charge < -0.3 is 9.47 Å². The van der Waals surface area contributed by atoms with Gasteiger partial charge in [-0.25, -0.2) is 0 Å². The van der Waals surface area contributed by atoms with Crippen LogP contribution < -0.4 is 4.74 Å². The van der Waals surface area contributed by atoms with Gasteiger partial charge in [0.1, 0.15) is 11.9 Å². The van der Waals surface area contributed by atoms with Crippen molar-refractivity contribution in [3.05, 3.63) is 29.8 Å². The fourth-order valence-electron chi connectivity index (χ4n) is 2.21. The topological polar surface area (TPSA) is 35.5 Å². The van der Waals surface area contributed by atoms with Gasteiger partial charge in [0.25, 0.3) is 0 Å². The Morgan fingerprint density at radius 3 is 2.29 bits per heavy atom. The molecule has 118 valence electrons. The zero-order valence-electron chi connectivity index (χ0n) is 13.6. The number of benzene rings is 1. The van der Waals surface area contributed by atoms with Crippen LogP contribution in [0.25, 0.3) is 0 Å². The lowest BCUT2D eigenvalue weighted by Gasteiger charge is -2.12. The number of ether oxygens (including phenoxy) is 2. The van der Waals surface area contributed by atoms with Crippen LogP contribution in [0.1, 0.15) is 62.7 Å². The summed E-state index contributed by atoms with van der Waals surface area (Å²) in [6, 6.07) is 7.17. The van der Waals surface area contributed by atoms with Gasteiger partial charge >= 0.3 is 0 Å². The van der Waals surface area contributed by atoms with Gasteiger partial charge in [-0.1, -0.05) is 39.0 Å². The summed E-state index contributed by atoms with van der Waals surface area (Å²) in [6.45, 7) is 4.70. The predicted octanol–water partition coefficient (Wildman–Crippen LogP) is 4.64. The van der Waals surface area contributed by atoms with Crippen LogP contribution in [0.4, 0.5) is 0 Å². The van der Waals surface area contributed by atoms with Crippen molar-refractivity contribution in [1.82, 2.24) is 0 Å². The SMILES string of the molecule is CCCCCCCCOC(C)C(=O)c1ccc(OC)cc1. The third-order valence-corrected chi connectivity index (χ3v) is 3.61. The molecule has 0 fully saturated rings. The van der Waals surface area contributed by atoms with Gasteiger partial charge in [-0.3, -0.25) is 4.79 Å². The lowest BCUT2D eigenvalue weighted by atomic mass is 10.1. The van der Waals surface area contributed by atoms with Gasteiger partial charge in [0.2, 0.25) is 0 Å². The molecule has 3 nitrogen and oxygen atoms in total. The van der Waals surface area contributed by atoms with E-state index in [-0.39, 0.29) is 11.9 Å². The van der Waals surface area contributed by atoms with Crippen LogP contribution in [-0.4, -0.2) is 25.6 Å². The highest BCUT2D eigenvalue weighted by Gasteiger charge is 2.15. The molecule has 0 aliphatic heterocycles. The van der Waals surface area contributed by atoms with Crippen molar-refractivity contribution in [3.63, 3.8) is 0 Å². The highest BCUT2D eigenvalue weighted by molar-refractivity contribution is 5.99. The monoisotopic (exact) mass is 292 g/mol. The Morgan fingerprint density at radius 2 is 1.67 bits per heavy atom. The molecule has 0 saturated heterocycles. The van der Waals surface area contributed by atoms with E-state index in [1.807, 2.05) is 6.92 Å². The predicted molar refractivity (Wildman–Crippen MR) is 86.1 cm³/mol. The molecular formula is C18H28O3. The normalized spacial score (nSPS) is 12.1. The second kappa shape index (κ2) is 10.4. The first-order chi connectivity index (χ1) is 10.2. The molecule has 0 aliphatic carbocycles. The number of ketones is 1. The third-order valence-electron chi connectivity index (χ3n) is 3.61. The summed E-state index contributed by atoms with van der Waals surface area (Å²) in [7, 11) is 1.61. The highest BCUT2D eigenvalue weighted by Crippen LogP contribution is 2.14. The summed E-state index contributed by atoms with van der Waals surface area (Å²) < 4.78 is 10.7. The van der Waals surface area contributed by atoms with Crippen LogP contribution in [-0.2, 0) is 4.74 Å². The van der Waals surface area contributed by atoms with Crippen molar-refractivity contribution in [2.75, 3.05) is 13.7 Å². The molecule has 1 unspecified atom stereocenters. The summed E-state index contributed by atoms with van der Waals surface area (Å²) >= 11 is 0. The van der Waals surface area contributed by atoms with Gasteiger partial charge in [0.05, 0.1) is 7.11 Å². The summed E-state index contributed by atoms with van der Waals surface area (Å²) in [5.74, 6) is 0.788. The zero-order chi connectivity index (χ0) is 15.5. The van der Waals surface area contributed by atoms with Crippen LogP contribution in [0, 0.1) is 0 Å². The number of rotatable bonds is 11. The Labute approximate surface area is 128 Å². The summed E-state index contributed by atoms with van der Waals surface area (Å²) in [5, 5.41) is 0. The Morgan fingerprint density at radius 1 is 1.05 bits per heavy atom. The molecule has 0 aliphatic rings. The minimum atomic E-state index is -0.381. The minimum absolute atomic E-state index is 0.0311. The third kappa shape index (κ3) is 6.76. The molecule has 0 aromatic heterocycles. The number of carbonyl (C=O) groups is 1. The molecule has 0 saturated carbocycles. The van der Waals surface area contributed by atoms with E-state index in [9.17, 15) is 4.79 Å². The zero-order valence-corrected chi connectivity index (χ0v) is 13.6. The molecule has 0 spiro atoms.